The van der Waals surface area contributed by atoms with E-state index in [4.69, 9.17) is 0 Å². The number of likely N-dealkylation sites (tertiary alicyclic amines) is 1. The maximum absolute atomic E-state index is 4.30. The summed E-state index contributed by atoms with van der Waals surface area (Å²) in [6.45, 7) is 6.24. The number of pyridine rings is 1. The van der Waals surface area contributed by atoms with E-state index in [1.54, 1.807) is 7.05 Å². The Balaban J connectivity index is 0.00000242. The molecule has 1 atom stereocenters. The van der Waals surface area contributed by atoms with Crippen LogP contribution in [-0.4, -0.2) is 48.6 Å². The van der Waals surface area contributed by atoms with Gasteiger partial charge in [-0.1, -0.05) is 12.5 Å². The average Bonchev–Trinajstić information content (AvgIpc) is 2.53. The number of hydrogen-bond donors (Lipinski definition) is 2. The highest BCUT2D eigenvalue weighted by Gasteiger charge is 2.17. The Morgan fingerprint density at radius 2 is 2.23 bits per heavy atom. The van der Waals surface area contributed by atoms with Crippen molar-refractivity contribution >= 4 is 29.9 Å². The molecule has 2 rings (SSSR count). The van der Waals surface area contributed by atoms with Gasteiger partial charge in [0, 0.05) is 32.4 Å². The van der Waals surface area contributed by atoms with Gasteiger partial charge >= 0.3 is 0 Å². The molecule has 1 unspecified atom stereocenters. The Labute approximate surface area is 151 Å². The number of rotatable bonds is 5. The van der Waals surface area contributed by atoms with Crippen molar-refractivity contribution in [2.45, 2.75) is 38.8 Å². The molecule has 1 aromatic heterocycles. The smallest absolute Gasteiger partial charge is 0.191 e. The summed E-state index contributed by atoms with van der Waals surface area (Å²) in [7, 11) is 1.80. The molecule has 0 saturated carbocycles. The van der Waals surface area contributed by atoms with Crippen LogP contribution >= 0.6 is 24.0 Å². The molecule has 0 radical (unpaired) electrons. The first-order chi connectivity index (χ1) is 10.3. The van der Waals surface area contributed by atoms with Crippen molar-refractivity contribution in [3.8, 4) is 0 Å². The lowest BCUT2D eigenvalue weighted by atomic mass is 10.0. The maximum atomic E-state index is 4.30. The average molecular weight is 417 g/mol. The van der Waals surface area contributed by atoms with E-state index in [2.05, 4.69) is 32.4 Å². The third-order valence-electron chi connectivity index (χ3n) is 4.02. The molecular formula is C16H28IN5. The summed E-state index contributed by atoms with van der Waals surface area (Å²) in [5.41, 5.74) is 1.02. The lowest BCUT2D eigenvalue weighted by molar-refractivity contribution is 0.163. The summed E-state index contributed by atoms with van der Waals surface area (Å²) in [6, 6.07) is 6.65. The van der Waals surface area contributed by atoms with Crippen LogP contribution in [0, 0.1) is 0 Å². The third kappa shape index (κ3) is 6.48. The molecule has 0 aromatic carbocycles. The Morgan fingerprint density at radius 3 is 2.91 bits per heavy atom. The summed E-state index contributed by atoms with van der Waals surface area (Å²) >= 11 is 0. The van der Waals surface area contributed by atoms with Gasteiger partial charge in [-0.05, 0) is 38.4 Å². The molecular weight excluding hydrogens is 389 g/mol. The molecule has 1 aliphatic heterocycles. The number of aromatic nitrogens is 1. The standard InChI is InChI=1S/C16H27N5.HI/c1-14-7-4-6-11-21(14)12-10-19-16(17-2)20-13-15-8-3-5-9-18-15;/h3,5,8-9,14H,4,6-7,10-13H2,1-2H3,(H2,17,19,20);1H. The van der Waals surface area contributed by atoms with E-state index in [0.29, 0.717) is 12.6 Å². The Bertz CT molecular complexity index is 437. The van der Waals surface area contributed by atoms with Crippen LogP contribution in [0.5, 0.6) is 0 Å². The Hall–Kier alpha value is -0.890. The molecule has 2 heterocycles. The lowest BCUT2D eigenvalue weighted by Gasteiger charge is -2.33. The molecule has 6 heteroatoms. The highest BCUT2D eigenvalue weighted by atomic mass is 127. The van der Waals surface area contributed by atoms with Gasteiger partial charge in [0.05, 0.1) is 12.2 Å². The molecule has 1 fully saturated rings. The minimum atomic E-state index is 0. The summed E-state index contributed by atoms with van der Waals surface area (Å²) in [4.78, 5) is 11.1. The predicted molar refractivity (Wildman–Crippen MR) is 103 cm³/mol. The first kappa shape index (κ1) is 19.2. The van der Waals surface area contributed by atoms with Crippen molar-refractivity contribution in [2.75, 3.05) is 26.7 Å². The molecule has 0 amide bonds. The Kier molecular flexibility index (Phi) is 9.38. The van der Waals surface area contributed by atoms with E-state index in [1.165, 1.54) is 25.8 Å². The SMILES string of the molecule is CN=C(NCCN1CCCCC1C)NCc1ccccn1.I. The van der Waals surface area contributed by atoms with Crippen LogP contribution < -0.4 is 10.6 Å². The lowest BCUT2D eigenvalue weighted by Crippen LogP contribution is -2.45. The second-order valence-electron chi connectivity index (χ2n) is 5.55. The molecule has 2 N–H and O–H groups in total. The van der Waals surface area contributed by atoms with Crippen molar-refractivity contribution in [3.63, 3.8) is 0 Å². The fourth-order valence-electron chi connectivity index (χ4n) is 2.71. The molecule has 0 aliphatic carbocycles. The minimum absolute atomic E-state index is 0. The van der Waals surface area contributed by atoms with Crippen LogP contribution in [0.1, 0.15) is 31.9 Å². The van der Waals surface area contributed by atoms with E-state index >= 15 is 0 Å². The van der Waals surface area contributed by atoms with E-state index < -0.39 is 0 Å². The number of halogens is 1. The summed E-state index contributed by atoms with van der Waals surface area (Å²) in [6.07, 6.45) is 5.84. The van der Waals surface area contributed by atoms with Crippen molar-refractivity contribution in [3.05, 3.63) is 30.1 Å². The second kappa shape index (κ2) is 10.8. The largest absolute Gasteiger partial charge is 0.355 e. The molecule has 1 aromatic rings. The molecule has 22 heavy (non-hydrogen) atoms. The highest BCUT2D eigenvalue weighted by Crippen LogP contribution is 2.15. The van der Waals surface area contributed by atoms with E-state index in [-0.39, 0.29) is 24.0 Å². The zero-order chi connectivity index (χ0) is 14.9. The molecule has 1 aliphatic rings. The summed E-state index contributed by atoms with van der Waals surface area (Å²) in [5, 5.41) is 6.67. The van der Waals surface area contributed by atoms with Crippen LogP contribution in [0.15, 0.2) is 29.4 Å². The normalized spacial score (nSPS) is 19.4. The van der Waals surface area contributed by atoms with Gasteiger partial charge in [0.1, 0.15) is 0 Å². The third-order valence-corrected chi connectivity index (χ3v) is 4.02. The van der Waals surface area contributed by atoms with E-state index in [0.717, 1.165) is 24.7 Å². The van der Waals surface area contributed by atoms with Crippen molar-refractivity contribution < 1.29 is 0 Å². The topological polar surface area (TPSA) is 52.6 Å². The zero-order valence-corrected chi connectivity index (χ0v) is 15.9. The number of nitrogens with one attached hydrogen (secondary N) is 2. The van der Waals surface area contributed by atoms with E-state index in [9.17, 15) is 0 Å². The fourth-order valence-corrected chi connectivity index (χ4v) is 2.71. The number of guanidine groups is 1. The first-order valence-electron chi connectivity index (χ1n) is 7.88. The van der Waals surface area contributed by atoms with Crippen molar-refractivity contribution in [1.29, 1.82) is 0 Å². The molecule has 0 bridgehead atoms. The first-order valence-corrected chi connectivity index (χ1v) is 7.88. The number of nitrogens with zero attached hydrogens (tertiary/aromatic N) is 3. The van der Waals surface area contributed by atoms with Crippen molar-refractivity contribution in [2.24, 2.45) is 4.99 Å². The van der Waals surface area contributed by atoms with Gasteiger partial charge in [0.25, 0.3) is 0 Å². The van der Waals surface area contributed by atoms with Gasteiger partial charge in [0.15, 0.2) is 5.96 Å². The number of aliphatic imine (C=N–C) groups is 1. The minimum Gasteiger partial charge on any atom is -0.355 e. The predicted octanol–water partition coefficient (Wildman–Crippen LogP) is 2.24. The van der Waals surface area contributed by atoms with Crippen LogP contribution in [-0.2, 0) is 6.54 Å². The van der Waals surface area contributed by atoms with Crippen LogP contribution in [0.4, 0.5) is 0 Å². The number of piperidine rings is 1. The monoisotopic (exact) mass is 417 g/mol. The zero-order valence-electron chi connectivity index (χ0n) is 13.6. The fraction of sp³-hybridized carbons (Fsp3) is 0.625. The second-order valence-corrected chi connectivity index (χ2v) is 5.55. The van der Waals surface area contributed by atoms with E-state index in [1.807, 2.05) is 24.4 Å². The Morgan fingerprint density at radius 1 is 1.36 bits per heavy atom. The summed E-state index contributed by atoms with van der Waals surface area (Å²) in [5.74, 6) is 0.838. The van der Waals surface area contributed by atoms with Gasteiger partial charge in [-0.3, -0.25) is 14.9 Å². The molecule has 124 valence electrons. The van der Waals surface area contributed by atoms with Crippen LogP contribution in [0.3, 0.4) is 0 Å². The maximum Gasteiger partial charge on any atom is 0.191 e. The van der Waals surface area contributed by atoms with Gasteiger partial charge in [-0.25, -0.2) is 0 Å². The molecule has 0 spiro atoms. The van der Waals surface area contributed by atoms with Crippen molar-refractivity contribution in [1.82, 2.24) is 20.5 Å². The van der Waals surface area contributed by atoms with Gasteiger partial charge in [0.2, 0.25) is 0 Å². The van der Waals surface area contributed by atoms with Gasteiger partial charge in [-0.2, -0.15) is 0 Å². The highest BCUT2D eigenvalue weighted by molar-refractivity contribution is 14.0. The summed E-state index contributed by atoms with van der Waals surface area (Å²) < 4.78 is 0. The molecule has 5 nitrogen and oxygen atoms in total. The van der Waals surface area contributed by atoms with Gasteiger partial charge < -0.3 is 10.6 Å². The van der Waals surface area contributed by atoms with Crippen LogP contribution in [0.2, 0.25) is 0 Å². The number of hydrogen-bond acceptors (Lipinski definition) is 3. The van der Waals surface area contributed by atoms with Crippen LogP contribution in [0.25, 0.3) is 0 Å². The quantitative estimate of drug-likeness (QED) is 0.439. The molecule has 1 saturated heterocycles. The van der Waals surface area contributed by atoms with Gasteiger partial charge in [-0.15, -0.1) is 24.0 Å².